The number of alkyl halides is 2. The SMILES string of the molecule is CC[C@H](C)[C@H](NC(N)=O)C(=O)Nc1ccc(-c2nc3ccccc3n2C(F)F)cc1. The number of nitrogens with one attached hydrogen (secondary N) is 2. The minimum atomic E-state index is -2.75. The first-order chi connectivity index (χ1) is 14.3. The fourth-order valence-corrected chi connectivity index (χ4v) is 3.22. The van der Waals surface area contributed by atoms with Crippen molar-refractivity contribution in [2.45, 2.75) is 32.9 Å². The molecule has 4 N–H and O–H groups in total. The summed E-state index contributed by atoms with van der Waals surface area (Å²) < 4.78 is 28.2. The summed E-state index contributed by atoms with van der Waals surface area (Å²) in [5, 5.41) is 5.17. The summed E-state index contributed by atoms with van der Waals surface area (Å²) in [5.41, 5.74) is 6.93. The third-order valence-corrected chi connectivity index (χ3v) is 4.99. The lowest BCUT2D eigenvalue weighted by molar-refractivity contribution is -0.119. The number of nitrogens with zero attached hydrogens (tertiary/aromatic N) is 2. The zero-order chi connectivity index (χ0) is 21.8. The molecule has 0 saturated carbocycles. The van der Waals surface area contributed by atoms with Crippen LogP contribution in [0.25, 0.3) is 22.4 Å². The Bertz CT molecular complexity index is 1050. The average Bonchev–Trinajstić information content (AvgIpc) is 3.11. The van der Waals surface area contributed by atoms with Crippen LogP contribution in [0.15, 0.2) is 48.5 Å². The van der Waals surface area contributed by atoms with Crippen molar-refractivity contribution in [3.05, 3.63) is 48.5 Å². The first-order valence-corrected chi connectivity index (χ1v) is 9.54. The highest BCUT2D eigenvalue weighted by atomic mass is 19.3. The second kappa shape index (κ2) is 8.89. The average molecular weight is 415 g/mol. The third kappa shape index (κ3) is 4.40. The van der Waals surface area contributed by atoms with Crippen LogP contribution in [0.5, 0.6) is 0 Å². The zero-order valence-electron chi connectivity index (χ0n) is 16.6. The van der Waals surface area contributed by atoms with E-state index in [0.29, 0.717) is 28.7 Å². The molecule has 1 heterocycles. The highest BCUT2D eigenvalue weighted by molar-refractivity contribution is 5.97. The number of aromatic nitrogens is 2. The summed E-state index contributed by atoms with van der Waals surface area (Å²) in [5.74, 6) is -0.393. The van der Waals surface area contributed by atoms with Crippen molar-refractivity contribution in [2.75, 3.05) is 5.32 Å². The molecule has 1 aromatic heterocycles. The Morgan fingerprint density at radius 1 is 1.13 bits per heavy atom. The smallest absolute Gasteiger partial charge is 0.320 e. The first kappa shape index (κ1) is 21.2. The van der Waals surface area contributed by atoms with Gasteiger partial charge in [0.05, 0.1) is 11.0 Å². The Labute approximate surface area is 172 Å². The maximum atomic E-state index is 13.7. The van der Waals surface area contributed by atoms with Crippen molar-refractivity contribution in [3.63, 3.8) is 0 Å². The monoisotopic (exact) mass is 415 g/mol. The summed E-state index contributed by atoms with van der Waals surface area (Å²) in [6.07, 6.45) is 0.668. The number of urea groups is 1. The van der Waals surface area contributed by atoms with Gasteiger partial charge in [-0.05, 0) is 42.3 Å². The number of hydrogen-bond acceptors (Lipinski definition) is 3. The number of nitrogens with two attached hydrogens (primary N) is 1. The summed E-state index contributed by atoms with van der Waals surface area (Å²) in [6, 6.07) is 11.5. The maximum absolute atomic E-state index is 13.7. The van der Waals surface area contributed by atoms with Crippen molar-refractivity contribution in [3.8, 4) is 11.4 Å². The molecule has 0 aliphatic carbocycles. The maximum Gasteiger partial charge on any atom is 0.320 e. The van der Waals surface area contributed by atoms with E-state index < -0.39 is 24.5 Å². The molecule has 0 unspecified atom stereocenters. The molecule has 2 aromatic carbocycles. The molecule has 0 saturated heterocycles. The summed E-state index contributed by atoms with van der Waals surface area (Å²) in [4.78, 5) is 28.1. The molecule has 7 nitrogen and oxygen atoms in total. The predicted molar refractivity (Wildman–Crippen MR) is 111 cm³/mol. The highest BCUT2D eigenvalue weighted by Crippen LogP contribution is 2.30. The van der Waals surface area contributed by atoms with Crippen molar-refractivity contribution in [2.24, 2.45) is 11.7 Å². The molecule has 0 fully saturated rings. The van der Waals surface area contributed by atoms with Gasteiger partial charge in [0.25, 0.3) is 0 Å². The van der Waals surface area contributed by atoms with Crippen LogP contribution in [0, 0.1) is 5.92 Å². The van der Waals surface area contributed by atoms with Crippen molar-refractivity contribution >= 4 is 28.7 Å². The van der Waals surface area contributed by atoms with Crippen LogP contribution >= 0.6 is 0 Å². The number of imidazole rings is 1. The highest BCUT2D eigenvalue weighted by Gasteiger charge is 2.25. The van der Waals surface area contributed by atoms with E-state index in [1.807, 2.05) is 13.8 Å². The molecule has 3 aromatic rings. The van der Waals surface area contributed by atoms with E-state index in [-0.39, 0.29) is 11.7 Å². The van der Waals surface area contributed by atoms with Crippen molar-refractivity contribution < 1.29 is 18.4 Å². The Balaban J connectivity index is 1.85. The number of amides is 3. The number of para-hydroxylation sites is 2. The van der Waals surface area contributed by atoms with E-state index in [4.69, 9.17) is 5.73 Å². The quantitative estimate of drug-likeness (QED) is 0.541. The number of anilines is 1. The molecule has 3 amide bonds. The molecule has 0 bridgehead atoms. The Morgan fingerprint density at radius 3 is 2.40 bits per heavy atom. The van der Waals surface area contributed by atoms with E-state index >= 15 is 0 Å². The summed E-state index contributed by atoms with van der Waals surface area (Å²) in [7, 11) is 0. The van der Waals surface area contributed by atoms with Crippen molar-refractivity contribution in [1.82, 2.24) is 14.9 Å². The summed E-state index contributed by atoms with van der Waals surface area (Å²) >= 11 is 0. The van der Waals surface area contributed by atoms with Crippen LogP contribution in [-0.2, 0) is 4.79 Å². The largest absolute Gasteiger partial charge is 0.352 e. The van der Waals surface area contributed by atoms with Crippen molar-refractivity contribution in [1.29, 1.82) is 0 Å². The zero-order valence-corrected chi connectivity index (χ0v) is 16.6. The van der Waals surface area contributed by atoms with Gasteiger partial charge in [-0.3, -0.25) is 9.36 Å². The molecule has 0 radical (unpaired) electrons. The molecular weight excluding hydrogens is 392 g/mol. The van der Waals surface area contributed by atoms with Crippen LogP contribution < -0.4 is 16.4 Å². The van der Waals surface area contributed by atoms with Crippen LogP contribution in [0.2, 0.25) is 0 Å². The lowest BCUT2D eigenvalue weighted by Gasteiger charge is -2.22. The minimum absolute atomic E-state index is 0.122. The van der Waals surface area contributed by atoms with Gasteiger partial charge in [0.1, 0.15) is 11.9 Å². The van der Waals surface area contributed by atoms with Crippen LogP contribution in [0.1, 0.15) is 26.8 Å². The molecule has 158 valence electrons. The fraction of sp³-hybridized carbons (Fsp3) is 0.286. The Hall–Kier alpha value is -3.49. The number of primary amides is 1. The van der Waals surface area contributed by atoms with Crippen LogP contribution in [-0.4, -0.2) is 27.5 Å². The van der Waals surface area contributed by atoms with Gasteiger partial charge in [0.15, 0.2) is 0 Å². The summed E-state index contributed by atoms with van der Waals surface area (Å²) in [6.45, 7) is 0.985. The fourth-order valence-electron chi connectivity index (χ4n) is 3.22. The molecule has 2 atom stereocenters. The molecular formula is C21H23F2N5O2. The minimum Gasteiger partial charge on any atom is -0.352 e. The van der Waals surface area contributed by atoms with E-state index in [1.54, 1.807) is 48.5 Å². The first-order valence-electron chi connectivity index (χ1n) is 9.54. The van der Waals surface area contributed by atoms with Gasteiger partial charge < -0.3 is 16.4 Å². The van der Waals surface area contributed by atoms with E-state index in [2.05, 4.69) is 15.6 Å². The molecule has 9 heteroatoms. The van der Waals surface area contributed by atoms with Gasteiger partial charge in [-0.1, -0.05) is 32.4 Å². The number of rotatable bonds is 7. The van der Waals surface area contributed by atoms with Gasteiger partial charge in [0.2, 0.25) is 5.91 Å². The van der Waals surface area contributed by atoms with Gasteiger partial charge in [-0.15, -0.1) is 0 Å². The van der Waals surface area contributed by atoms with Gasteiger partial charge in [0, 0.05) is 11.3 Å². The number of carbonyl (C=O) groups is 2. The van der Waals surface area contributed by atoms with Gasteiger partial charge >= 0.3 is 12.6 Å². The number of hydrogen-bond donors (Lipinski definition) is 3. The van der Waals surface area contributed by atoms with Crippen LogP contribution in [0.4, 0.5) is 19.3 Å². The molecule has 3 rings (SSSR count). The number of benzene rings is 2. The number of fused-ring (bicyclic) bond motifs is 1. The van der Waals surface area contributed by atoms with Gasteiger partial charge in [-0.2, -0.15) is 8.78 Å². The lowest BCUT2D eigenvalue weighted by Crippen LogP contribution is -2.49. The molecule has 0 aliphatic rings. The molecule has 0 spiro atoms. The second-order valence-corrected chi connectivity index (χ2v) is 7.01. The second-order valence-electron chi connectivity index (χ2n) is 7.01. The van der Waals surface area contributed by atoms with E-state index in [9.17, 15) is 18.4 Å². The Kier molecular flexibility index (Phi) is 6.29. The Morgan fingerprint density at radius 2 is 1.80 bits per heavy atom. The van der Waals surface area contributed by atoms with E-state index in [0.717, 1.165) is 4.57 Å². The standard InChI is InChI=1S/C21H23F2N5O2/c1-3-12(2)17(27-21(24)30)19(29)25-14-10-8-13(9-11-14)18-26-15-6-4-5-7-16(15)28(18)20(22)23/h4-12,17,20H,3H2,1-2H3,(H,25,29)(H3,24,27,30)/t12-,17-/m0/s1. The predicted octanol–water partition coefficient (Wildman–Crippen LogP) is 4.12. The van der Waals surface area contributed by atoms with E-state index in [1.165, 1.54) is 0 Å². The molecule has 0 aliphatic heterocycles. The number of halogens is 2. The van der Waals surface area contributed by atoms with Crippen LogP contribution in [0.3, 0.4) is 0 Å². The lowest BCUT2D eigenvalue weighted by atomic mass is 9.98. The molecule has 30 heavy (non-hydrogen) atoms. The van der Waals surface area contributed by atoms with Gasteiger partial charge in [-0.25, -0.2) is 9.78 Å². The normalized spacial score (nSPS) is 13.2. The third-order valence-electron chi connectivity index (χ3n) is 4.99. The topological polar surface area (TPSA) is 102 Å². The number of carbonyl (C=O) groups excluding carboxylic acids is 2.